The highest BCUT2D eigenvalue weighted by Gasteiger charge is 2.15. The molecule has 0 radical (unpaired) electrons. The van der Waals surface area contributed by atoms with E-state index < -0.39 is 0 Å². The smallest absolute Gasteiger partial charge is 0.183 e. The molecule has 0 bridgehead atoms. The molecular weight excluding hydrogens is 328 g/mol. The van der Waals surface area contributed by atoms with E-state index in [1.165, 1.54) is 0 Å². The largest absolute Gasteiger partial charge is 0.292 e. The molecular formula is C13H10BrClN4. The average molecular weight is 338 g/mol. The predicted molar refractivity (Wildman–Crippen MR) is 78.8 cm³/mol. The maximum Gasteiger partial charge on any atom is 0.183 e. The Bertz CT molecular complexity index is 782. The SMILES string of the molecule is Cc1nc(Cl)c2c(n1)nc(C)n2-c1cccc(Br)c1. The van der Waals surface area contributed by atoms with Crippen LogP contribution in [-0.4, -0.2) is 19.5 Å². The van der Waals surface area contributed by atoms with Crippen LogP contribution in [0.3, 0.4) is 0 Å². The number of imidazole rings is 1. The Morgan fingerprint density at radius 3 is 2.68 bits per heavy atom. The summed E-state index contributed by atoms with van der Waals surface area (Å²) in [5.74, 6) is 1.45. The van der Waals surface area contributed by atoms with Gasteiger partial charge in [-0.25, -0.2) is 15.0 Å². The Morgan fingerprint density at radius 2 is 1.95 bits per heavy atom. The lowest BCUT2D eigenvalue weighted by molar-refractivity contribution is 0.997. The summed E-state index contributed by atoms with van der Waals surface area (Å²) in [5, 5.41) is 0.420. The quantitative estimate of drug-likeness (QED) is 0.634. The van der Waals surface area contributed by atoms with E-state index >= 15 is 0 Å². The number of hydrogen-bond acceptors (Lipinski definition) is 3. The monoisotopic (exact) mass is 336 g/mol. The lowest BCUT2D eigenvalue weighted by atomic mass is 10.3. The number of nitrogens with zero attached hydrogens (tertiary/aromatic N) is 4. The van der Waals surface area contributed by atoms with Crippen LogP contribution in [0, 0.1) is 13.8 Å². The topological polar surface area (TPSA) is 43.6 Å². The van der Waals surface area contributed by atoms with Crippen LogP contribution in [0.15, 0.2) is 28.7 Å². The summed E-state index contributed by atoms with van der Waals surface area (Å²) in [7, 11) is 0. The van der Waals surface area contributed by atoms with Crippen LogP contribution >= 0.6 is 27.5 Å². The Balaban J connectivity index is 2.38. The molecule has 0 atom stereocenters. The van der Waals surface area contributed by atoms with Gasteiger partial charge in [-0.3, -0.25) is 4.57 Å². The van der Waals surface area contributed by atoms with Gasteiger partial charge in [-0.2, -0.15) is 0 Å². The minimum absolute atomic E-state index is 0.420. The maximum atomic E-state index is 6.25. The molecule has 0 saturated heterocycles. The molecule has 0 aliphatic heterocycles. The van der Waals surface area contributed by atoms with Crippen LogP contribution in [-0.2, 0) is 0 Å². The minimum Gasteiger partial charge on any atom is -0.292 e. The first-order valence-electron chi connectivity index (χ1n) is 5.71. The molecule has 2 heterocycles. The first-order chi connectivity index (χ1) is 9.06. The van der Waals surface area contributed by atoms with Gasteiger partial charge in [0.25, 0.3) is 0 Å². The van der Waals surface area contributed by atoms with E-state index in [0.717, 1.165) is 21.5 Å². The van der Waals surface area contributed by atoms with Gasteiger partial charge < -0.3 is 0 Å². The van der Waals surface area contributed by atoms with Crippen LogP contribution in [0.2, 0.25) is 5.15 Å². The number of rotatable bonds is 1. The highest BCUT2D eigenvalue weighted by atomic mass is 79.9. The van der Waals surface area contributed by atoms with E-state index in [0.29, 0.717) is 16.6 Å². The van der Waals surface area contributed by atoms with Crippen molar-refractivity contribution in [2.45, 2.75) is 13.8 Å². The van der Waals surface area contributed by atoms with E-state index in [2.05, 4.69) is 30.9 Å². The second kappa shape index (κ2) is 4.58. The Hall–Kier alpha value is -1.46. The molecule has 0 saturated carbocycles. The third-order valence-electron chi connectivity index (χ3n) is 2.82. The van der Waals surface area contributed by atoms with Gasteiger partial charge in [0.05, 0.1) is 0 Å². The average Bonchev–Trinajstić information content (AvgIpc) is 2.65. The Labute approximate surface area is 123 Å². The molecule has 3 aromatic rings. The number of benzene rings is 1. The molecule has 19 heavy (non-hydrogen) atoms. The number of fused-ring (bicyclic) bond motifs is 1. The van der Waals surface area contributed by atoms with Crippen LogP contribution in [0.25, 0.3) is 16.9 Å². The fourth-order valence-electron chi connectivity index (χ4n) is 2.08. The number of halogens is 2. The van der Waals surface area contributed by atoms with Crippen LogP contribution in [0.4, 0.5) is 0 Å². The zero-order valence-electron chi connectivity index (χ0n) is 10.4. The summed E-state index contributed by atoms with van der Waals surface area (Å²) in [4.78, 5) is 13.0. The van der Waals surface area contributed by atoms with E-state index in [1.54, 1.807) is 6.92 Å². The van der Waals surface area contributed by atoms with Gasteiger partial charge in [0.1, 0.15) is 17.2 Å². The van der Waals surface area contributed by atoms with Crippen molar-refractivity contribution >= 4 is 38.7 Å². The van der Waals surface area contributed by atoms with Gasteiger partial charge in [-0.1, -0.05) is 33.6 Å². The van der Waals surface area contributed by atoms with Gasteiger partial charge in [0, 0.05) is 10.2 Å². The molecule has 96 valence electrons. The molecule has 4 nitrogen and oxygen atoms in total. The van der Waals surface area contributed by atoms with E-state index in [4.69, 9.17) is 11.6 Å². The minimum atomic E-state index is 0.420. The van der Waals surface area contributed by atoms with Crippen molar-refractivity contribution in [2.24, 2.45) is 0 Å². The highest BCUT2D eigenvalue weighted by Crippen LogP contribution is 2.26. The van der Waals surface area contributed by atoms with Crippen molar-refractivity contribution < 1.29 is 0 Å². The second-order valence-electron chi connectivity index (χ2n) is 4.21. The van der Waals surface area contributed by atoms with E-state index in [1.807, 2.05) is 35.8 Å². The highest BCUT2D eigenvalue weighted by molar-refractivity contribution is 9.10. The van der Waals surface area contributed by atoms with Crippen molar-refractivity contribution in [3.8, 4) is 5.69 Å². The lowest BCUT2D eigenvalue weighted by Crippen LogP contribution is -1.98. The fraction of sp³-hybridized carbons (Fsp3) is 0.154. The van der Waals surface area contributed by atoms with Gasteiger partial charge in [0.15, 0.2) is 10.8 Å². The molecule has 3 rings (SSSR count). The van der Waals surface area contributed by atoms with Crippen LogP contribution < -0.4 is 0 Å². The molecule has 1 aromatic carbocycles. The standard InChI is InChI=1S/C13H10BrClN4/c1-7-16-12(15)11-13(17-7)18-8(2)19(11)10-5-3-4-9(14)6-10/h3-6H,1-2H3. The van der Waals surface area contributed by atoms with Gasteiger partial charge >= 0.3 is 0 Å². The summed E-state index contributed by atoms with van der Waals surface area (Å²) < 4.78 is 2.96. The molecule has 0 fully saturated rings. The third kappa shape index (κ3) is 2.13. The van der Waals surface area contributed by atoms with Crippen molar-refractivity contribution in [1.82, 2.24) is 19.5 Å². The zero-order chi connectivity index (χ0) is 13.6. The fourth-order valence-corrected chi connectivity index (χ4v) is 2.76. The molecule has 0 unspecified atom stereocenters. The summed E-state index contributed by atoms with van der Waals surface area (Å²) in [6.07, 6.45) is 0. The predicted octanol–water partition coefficient (Wildman–Crippen LogP) is 3.85. The summed E-state index contributed by atoms with van der Waals surface area (Å²) in [5.41, 5.74) is 2.33. The molecule has 0 aliphatic rings. The van der Waals surface area contributed by atoms with Crippen molar-refractivity contribution in [1.29, 1.82) is 0 Å². The van der Waals surface area contributed by atoms with Gasteiger partial charge in [0.2, 0.25) is 0 Å². The molecule has 6 heteroatoms. The first-order valence-corrected chi connectivity index (χ1v) is 6.88. The normalized spacial score (nSPS) is 11.2. The van der Waals surface area contributed by atoms with Crippen molar-refractivity contribution in [3.63, 3.8) is 0 Å². The van der Waals surface area contributed by atoms with Gasteiger partial charge in [-0.05, 0) is 32.0 Å². The Morgan fingerprint density at radius 1 is 1.16 bits per heavy atom. The van der Waals surface area contributed by atoms with Crippen molar-refractivity contribution in [2.75, 3.05) is 0 Å². The number of aromatic nitrogens is 4. The maximum absolute atomic E-state index is 6.25. The lowest BCUT2D eigenvalue weighted by Gasteiger charge is -2.07. The second-order valence-corrected chi connectivity index (χ2v) is 5.48. The zero-order valence-corrected chi connectivity index (χ0v) is 12.7. The summed E-state index contributed by atoms with van der Waals surface area (Å²) in [6.45, 7) is 3.73. The van der Waals surface area contributed by atoms with E-state index in [-0.39, 0.29) is 0 Å². The van der Waals surface area contributed by atoms with Crippen LogP contribution in [0.1, 0.15) is 11.6 Å². The van der Waals surface area contributed by atoms with Crippen LogP contribution in [0.5, 0.6) is 0 Å². The van der Waals surface area contributed by atoms with Crippen molar-refractivity contribution in [3.05, 3.63) is 45.5 Å². The molecule has 2 aromatic heterocycles. The summed E-state index contributed by atoms with van der Waals surface area (Å²) >= 11 is 9.72. The Kier molecular flexibility index (Phi) is 3.03. The third-order valence-corrected chi connectivity index (χ3v) is 3.57. The summed E-state index contributed by atoms with van der Waals surface area (Å²) in [6, 6.07) is 7.94. The number of hydrogen-bond donors (Lipinski definition) is 0. The molecule has 0 N–H and O–H groups in total. The molecule has 0 spiro atoms. The molecule has 0 aliphatic carbocycles. The van der Waals surface area contributed by atoms with Gasteiger partial charge in [-0.15, -0.1) is 0 Å². The van der Waals surface area contributed by atoms with E-state index in [9.17, 15) is 0 Å². The number of aryl methyl sites for hydroxylation is 2. The molecule has 0 amide bonds. The first kappa shape index (κ1) is 12.6.